The molecule has 0 saturated carbocycles. The summed E-state index contributed by atoms with van der Waals surface area (Å²) in [5, 5.41) is 150. The minimum Gasteiger partial charge on any atom is -0.504 e. The molecule has 1 fully saturated rings. The number of hydrogen-bond donors (Lipinski definition) is 15. The van der Waals surface area contributed by atoms with E-state index in [0.717, 1.165) is 48.5 Å². The van der Waals surface area contributed by atoms with Crippen molar-refractivity contribution < 1.29 is 129 Å². The monoisotopic (exact) mass is 996 g/mol. The first-order valence-electron chi connectivity index (χ1n) is 20.1. The summed E-state index contributed by atoms with van der Waals surface area (Å²) in [6, 6.07) is 7.26. The lowest BCUT2D eigenvalue weighted by Crippen LogP contribution is -2.62. The van der Waals surface area contributed by atoms with Gasteiger partial charge in [-0.3, -0.25) is 19.2 Å². The van der Waals surface area contributed by atoms with Gasteiger partial charge in [0.15, 0.2) is 116 Å². The predicted octanol–water partition coefficient (Wildman–Crippen LogP) is 1.86. The first-order valence-corrected chi connectivity index (χ1v) is 20.1. The number of rotatable bonds is 19. The minimum atomic E-state index is -2.08. The topological polar surface area (TPSA) is 444 Å². The highest BCUT2D eigenvalue weighted by Gasteiger charge is 2.50. The second-order valence-corrected chi connectivity index (χ2v) is 15.3. The molecule has 26 nitrogen and oxygen atoms in total. The molecule has 71 heavy (non-hydrogen) atoms. The second-order valence-electron chi connectivity index (χ2n) is 15.3. The van der Waals surface area contributed by atoms with Crippen molar-refractivity contribution >= 4 is 29.1 Å². The number of carbonyl (C=O) groups excluding carboxylic acids is 5. The van der Waals surface area contributed by atoms with Gasteiger partial charge in [-0.2, -0.15) is 0 Å². The number of phenols is 15. The molecular formula is C45H40O26. The Hall–Kier alpha value is -8.95. The molecule has 1 aliphatic heterocycles. The van der Waals surface area contributed by atoms with Crippen LogP contribution in [0.1, 0.15) is 51.8 Å². The SMILES string of the molecule is O=C(COC1OC(COC(=O)c2cc(O)c(O)c(O)c2)C(OCC(=O)c2cc(O)c(O)c(O)c2)C(OCC(=O)c2cc(O)c(O)c(O)c2)C1OCC(=O)c1cc(O)c(O)c(O)c1)c1cc(O)c(O)c(O)c1. The van der Waals surface area contributed by atoms with E-state index in [0.29, 0.717) is 12.1 Å². The number of carbonyl (C=O) groups is 5. The quantitative estimate of drug-likeness (QED) is 0.0319. The zero-order valence-electron chi connectivity index (χ0n) is 35.9. The molecule has 0 amide bonds. The fourth-order valence-electron chi connectivity index (χ4n) is 6.74. The molecular weight excluding hydrogens is 956 g/mol. The Bertz CT molecular complexity index is 2640. The number of Topliss-reactive ketones (excluding diaryl/α,β-unsaturated/α-hetero) is 4. The van der Waals surface area contributed by atoms with Gasteiger partial charge in [0.05, 0.1) is 5.56 Å². The van der Waals surface area contributed by atoms with Crippen molar-refractivity contribution in [3.63, 3.8) is 0 Å². The van der Waals surface area contributed by atoms with Crippen LogP contribution in [0.25, 0.3) is 0 Å². The van der Waals surface area contributed by atoms with Crippen LogP contribution in [0, 0.1) is 0 Å². The highest BCUT2D eigenvalue weighted by Crippen LogP contribution is 2.40. The molecule has 5 unspecified atom stereocenters. The number of ether oxygens (including phenoxy) is 6. The third-order valence-corrected chi connectivity index (χ3v) is 10.4. The summed E-state index contributed by atoms with van der Waals surface area (Å²) in [6.45, 7) is -5.49. The molecule has 5 aromatic rings. The third-order valence-electron chi connectivity index (χ3n) is 10.4. The van der Waals surface area contributed by atoms with Crippen LogP contribution in [-0.2, 0) is 28.4 Å². The molecule has 0 bridgehead atoms. The normalized spacial score (nSPS) is 17.6. The average Bonchev–Trinajstić information content (AvgIpc) is 3.32. The van der Waals surface area contributed by atoms with Crippen LogP contribution in [0.5, 0.6) is 86.2 Å². The third kappa shape index (κ3) is 11.5. The molecule has 5 aromatic carbocycles. The van der Waals surface area contributed by atoms with E-state index >= 15 is 0 Å². The number of benzene rings is 5. The van der Waals surface area contributed by atoms with E-state index in [1.165, 1.54) is 0 Å². The van der Waals surface area contributed by atoms with E-state index < -0.39 is 207 Å². The van der Waals surface area contributed by atoms with Crippen LogP contribution >= 0.6 is 0 Å². The summed E-state index contributed by atoms with van der Waals surface area (Å²) in [5.74, 6) is -20.1. The molecule has 1 aliphatic rings. The van der Waals surface area contributed by atoms with Gasteiger partial charge < -0.3 is 105 Å². The zero-order chi connectivity index (χ0) is 52.2. The van der Waals surface area contributed by atoms with Crippen LogP contribution in [0.4, 0.5) is 0 Å². The van der Waals surface area contributed by atoms with Crippen molar-refractivity contribution in [2.75, 3.05) is 33.0 Å². The number of aromatic hydroxyl groups is 15. The summed E-state index contributed by atoms with van der Waals surface area (Å²) >= 11 is 0. The lowest BCUT2D eigenvalue weighted by atomic mass is 9.97. The standard InChI is InChI=1S/C45H40O26/c46-21-1-16(2-22(47)36(21)60)31(56)11-66-41-35(15-69-44(65)20-9-29(54)40(64)30(55)10-20)71-45(70-14-34(59)19-7-27(52)39(63)28(53)8-19)43(68-13-33(58)18-5-25(50)38(62)26(51)6-18)42(41)67-12-32(57)17-3-23(48)37(61)24(49)4-17/h1-10,35,41-43,45-55,60-64H,11-15H2. The largest absolute Gasteiger partial charge is 0.504 e. The van der Waals surface area contributed by atoms with E-state index in [2.05, 4.69) is 0 Å². The zero-order valence-corrected chi connectivity index (χ0v) is 35.9. The number of hydrogen-bond acceptors (Lipinski definition) is 26. The van der Waals surface area contributed by atoms with Crippen LogP contribution in [0.3, 0.4) is 0 Å². The predicted molar refractivity (Wildman–Crippen MR) is 229 cm³/mol. The highest BCUT2D eigenvalue weighted by atomic mass is 16.7. The number of ketones is 4. The van der Waals surface area contributed by atoms with Crippen molar-refractivity contribution in [3.8, 4) is 86.2 Å². The molecule has 0 radical (unpaired) electrons. The molecule has 376 valence electrons. The maximum absolute atomic E-state index is 13.6. The van der Waals surface area contributed by atoms with Gasteiger partial charge >= 0.3 is 5.97 Å². The van der Waals surface area contributed by atoms with E-state index in [1.54, 1.807) is 0 Å². The molecule has 1 heterocycles. The number of phenolic OH excluding ortho intramolecular Hbond substituents is 15. The summed E-state index contributed by atoms with van der Waals surface area (Å²) in [4.78, 5) is 67.5. The second kappa shape index (κ2) is 21.1. The molecule has 15 N–H and O–H groups in total. The Morgan fingerprint density at radius 2 is 0.606 bits per heavy atom. The van der Waals surface area contributed by atoms with Gasteiger partial charge in [0.1, 0.15) is 57.5 Å². The highest BCUT2D eigenvalue weighted by molar-refractivity contribution is 6.00. The van der Waals surface area contributed by atoms with Gasteiger partial charge in [-0.1, -0.05) is 0 Å². The lowest BCUT2D eigenvalue weighted by Gasteiger charge is -2.45. The summed E-state index contributed by atoms with van der Waals surface area (Å²) in [7, 11) is 0. The molecule has 0 aromatic heterocycles. The van der Waals surface area contributed by atoms with Crippen molar-refractivity contribution in [2.45, 2.75) is 30.7 Å². The molecule has 1 saturated heterocycles. The molecule has 0 aliphatic carbocycles. The van der Waals surface area contributed by atoms with Gasteiger partial charge in [0, 0.05) is 22.3 Å². The van der Waals surface area contributed by atoms with Gasteiger partial charge in [-0.05, 0) is 60.7 Å². The van der Waals surface area contributed by atoms with E-state index in [9.17, 15) is 101 Å². The average molecular weight is 997 g/mol. The Kier molecular flexibility index (Phi) is 15.3. The smallest absolute Gasteiger partial charge is 0.338 e. The van der Waals surface area contributed by atoms with Gasteiger partial charge in [-0.15, -0.1) is 0 Å². The van der Waals surface area contributed by atoms with Crippen LogP contribution in [0.2, 0.25) is 0 Å². The number of esters is 1. The first kappa shape index (κ1) is 51.4. The molecule has 0 spiro atoms. The van der Waals surface area contributed by atoms with E-state index in [1.807, 2.05) is 0 Å². The van der Waals surface area contributed by atoms with Crippen molar-refractivity contribution in [3.05, 3.63) is 88.5 Å². The maximum atomic E-state index is 13.6. The van der Waals surface area contributed by atoms with Crippen molar-refractivity contribution in [1.82, 2.24) is 0 Å². The molecule has 26 heteroatoms. The summed E-state index contributed by atoms with van der Waals surface area (Å²) in [6.07, 6.45) is -9.84. The minimum absolute atomic E-state index is 0.469. The van der Waals surface area contributed by atoms with Crippen LogP contribution in [-0.4, -0.2) is 169 Å². The van der Waals surface area contributed by atoms with Gasteiger partial charge in [0.2, 0.25) is 0 Å². The van der Waals surface area contributed by atoms with Crippen LogP contribution in [0.15, 0.2) is 60.7 Å². The van der Waals surface area contributed by atoms with Gasteiger partial charge in [0.25, 0.3) is 0 Å². The van der Waals surface area contributed by atoms with E-state index in [-0.39, 0.29) is 0 Å². The van der Waals surface area contributed by atoms with Gasteiger partial charge in [-0.25, -0.2) is 4.79 Å². The van der Waals surface area contributed by atoms with Crippen LogP contribution < -0.4 is 0 Å². The van der Waals surface area contributed by atoms with Crippen molar-refractivity contribution in [2.24, 2.45) is 0 Å². The molecule has 6 rings (SSSR count). The fraction of sp³-hybridized carbons (Fsp3) is 0.222. The fourth-order valence-corrected chi connectivity index (χ4v) is 6.74. The van der Waals surface area contributed by atoms with Crippen molar-refractivity contribution in [1.29, 1.82) is 0 Å². The summed E-state index contributed by atoms with van der Waals surface area (Å²) < 4.78 is 35.1. The Morgan fingerprint density at radius 3 is 0.915 bits per heavy atom. The maximum Gasteiger partial charge on any atom is 0.338 e. The summed E-state index contributed by atoms with van der Waals surface area (Å²) in [5.41, 5.74) is -2.49. The lowest BCUT2D eigenvalue weighted by molar-refractivity contribution is -0.315. The van der Waals surface area contributed by atoms with E-state index in [4.69, 9.17) is 28.4 Å². The Labute approximate surface area is 396 Å². The Balaban J connectivity index is 1.43. The Morgan fingerprint density at radius 1 is 0.352 bits per heavy atom. The molecule has 5 atom stereocenters. The first-order chi connectivity index (χ1) is 33.4.